The molecule has 0 saturated heterocycles. The minimum atomic E-state index is 0.448. The van der Waals surface area contributed by atoms with Gasteiger partial charge in [-0.1, -0.05) is 68.4 Å². The lowest BCUT2D eigenvalue weighted by atomic mass is 9.92. The van der Waals surface area contributed by atoms with Crippen molar-refractivity contribution in [3.8, 4) is 0 Å². The van der Waals surface area contributed by atoms with E-state index < -0.39 is 0 Å². The maximum atomic E-state index is 4.62. The van der Waals surface area contributed by atoms with E-state index in [0.29, 0.717) is 5.92 Å². The fourth-order valence-electron chi connectivity index (χ4n) is 3.52. The van der Waals surface area contributed by atoms with Gasteiger partial charge in [-0.3, -0.25) is 4.98 Å². The topological polar surface area (TPSA) is 12.9 Å². The number of aromatic nitrogens is 1. The summed E-state index contributed by atoms with van der Waals surface area (Å²) in [5.74, 6) is 0.448. The van der Waals surface area contributed by atoms with E-state index in [4.69, 9.17) is 0 Å². The number of hydrogen-bond acceptors (Lipinski definition) is 1. The highest BCUT2D eigenvalue weighted by Crippen LogP contribution is 2.25. The van der Waals surface area contributed by atoms with Gasteiger partial charge in [0, 0.05) is 11.6 Å². The summed E-state index contributed by atoms with van der Waals surface area (Å²) in [5, 5.41) is 3.89. The van der Waals surface area contributed by atoms with E-state index in [-0.39, 0.29) is 0 Å². The van der Waals surface area contributed by atoms with Gasteiger partial charge in [0.1, 0.15) is 0 Å². The molecule has 0 saturated carbocycles. The van der Waals surface area contributed by atoms with Crippen molar-refractivity contribution < 1.29 is 0 Å². The van der Waals surface area contributed by atoms with Crippen molar-refractivity contribution in [1.82, 2.24) is 4.98 Å². The molecule has 25 heavy (non-hydrogen) atoms. The van der Waals surface area contributed by atoms with E-state index in [2.05, 4.69) is 79.5 Å². The van der Waals surface area contributed by atoms with Crippen molar-refractivity contribution >= 4 is 21.7 Å². The van der Waals surface area contributed by atoms with Crippen LogP contribution in [0.2, 0.25) is 0 Å². The standard InChI is InChI=1S/C24H23N/c1-3-18-8-10-20-11-9-19(14-22(20)13-18)12-17(2)23-15-21-6-4-5-7-24(21)25-16-23/h4-11,13-17H,3,12H2,1-2H3. The first-order valence-corrected chi connectivity index (χ1v) is 9.09. The predicted molar refractivity (Wildman–Crippen MR) is 107 cm³/mol. The van der Waals surface area contributed by atoms with E-state index in [1.807, 2.05) is 12.3 Å². The molecule has 0 amide bonds. The third-order valence-electron chi connectivity index (χ3n) is 5.10. The molecule has 0 bridgehead atoms. The van der Waals surface area contributed by atoms with E-state index in [0.717, 1.165) is 18.4 Å². The first kappa shape index (κ1) is 15.8. The summed E-state index contributed by atoms with van der Waals surface area (Å²) in [4.78, 5) is 4.62. The number of rotatable bonds is 4. The molecular formula is C24H23N. The van der Waals surface area contributed by atoms with Crippen molar-refractivity contribution in [1.29, 1.82) is 0 Å². The molecular weight excluding hydrogens is 302 g/mol. The Labute approximate surface area is 149 Å². The molecule has 1 nitrogen and oxygen atoms in total. The van der Waals surface area contributed by atoms with E-state index in [1.165, 1.54) is 32.8 Å². The number of hydrogen-bond donors (Lipinski definition) is 0. The summed E-state index contributed by atoms with van der Waals surface area (Å²) < 4.78 is 0. The number of pyridine rings is 1. The van der Waals surface area contributed by atoms with Crippen LogP contribution in [0.15, 0.2) is 72.9 Å². The second-order valence-electron chi connectivity index (χ2n) is 6.94. The molecule has 0 N–H and O–H groups in total. The van der Waals surface area contributed by atoms with Gasteiger partial charge in [0.15, 0.2) is 0 Å². The van der Waals surface area contributed by atoms with Gasteiger partial charge < -0.3 is 0 Å². The molecule has 0 fully saturated rings. The zero-order valence-corrected chi connectivity index (χ0v) is 14.9. The van der Waals surface area contributed by atoms with Gasteiger partial charge in [0.05, 0.1) is 5.52 Å². The Bertz CT molecular complexity index is 1030. The van der Waals surface area contributed by atoms with Crippen LogP contribution in [0.4, 0.5) is 0 Å². The fourth-order valence-corrected chi connectivity index (χ4v) is 3.52. The Morgan fingerprint density at radius 3 is 2.40 bits per heavy atom. The maximum Gasteiger partial charge on any atom is 0.0702 e. The average Bonchev–Trinajstić information content (AvgIpc) is 2.67. The summed E-state index contributed by atoms with van der Waals surface area (Å²) in [6.45, 7) is 4.50. The SMILES string of the molecule is CCc1ccc2ccc(CC(C)c3cnc4ccccc4c3)cc2c1. The summed E-state index contributed by atoms with van der Waals surface area (Å²) in [6.07, 6.45) is 4.15. The van der Waals surface area contributed by atoms with Crippen molar-refractivity contribution in [3.63, 3.8) is 0 Å². The summed E-state index contributed by atoms with van der Waals surface area (Å²) in [5.41, 5.74) is 5.16. The summed E-state index contributed by atoms with van der Waals surface area (Å²) in [6, 6.07) is 24.2. The highest BCUT2D eigenvalue weighted by atomic mass is 14.6. The van der Waals surface area contributed by atoms with Crippen LogP contribution >= 0.6 is 0 Å². The van der Waals surface area contributed by atoms with Crippen molar-refractivity contribution in [2.24, 2.45) is 0 Å². The molecule has 0 spiro atoms. The first-order valence-electron chi connectivity index (χ1n) is 9.09. The highest BCUT2D eigenvalue weighted by Gasteiger charge is 2.09. The smallest absolute Gasteiger partial charge is 0.0702 e. The minimum absolute atomic E-state index is 0.448. The van der Waals surface area contributed by atoms with E-state index >= 15 is 0 Å². The van der Waals surface area contributed by atoms with Crippen LogP contribution in [0.25, 0.3) is 21.7 Å². The zero-order chi connectivity index (χ0) is 17.2. The normalized spacial score (nSPS) is 12.6. The average molecular weight is 325 g/mol. The molecule has 0 radical (unpaired) electrons. The van der Waals surface area contributed by atoms with Crippen molar-refractivity contribution in [2.45, 2.75) is 32.6 Å². The Morgan fingerprint density at radius 1 is 0.800 bits per heavy atom. The van der Waals surface area contributed by atoms with Gasteiger partial charge in [-0.05, 0) is 58.4 Å². The van der Waals surface area contributed by atoms with Gasteiger partial charge >= 0.3 is 0 Å². The quantitative estimate of drug-likeness (QED) is 0.429. The number of aryl methyl sites for hydroxylation is 1. The predicted octanol–water partition coefficient (Wildman–Crippen LogP) is 6.30. The van der Waals surface area contributed by atoms with Gasteiger partial charge in [0.2, 0.25) is 0 Å². The lowest BCUT2D eigenvalue weighted by Crippen LogP contribution is -1.99. The van der Waals surface area contributed by atoms with Gasteiger partial charge in [-0.2, -0.15) is 0 Å². The number of benzene rings is 3. The number of para-hydroxylation sites is 1. The van der Waals surface area contributed by atoms with Crippen LogP contribution in [0.5, 0.6) is 0 Å². The van der Waals surface area contributed by atoms with Gasteiger partial charge in [-0.25, -0.2) is 0 Å². The number of fused-ring (bicyclic) bond motifs is 2. The van der Waals surface area contributed by atoms with Crippen molar-refractivity contribution in [3.05, 3.63) is 89.6 Å². The molecule has 1 heterocycles. The van der Waals surface area contributed by atoms with Crippen molar-refractivity contribution in [2.75, 3.05) is 0 Å². The monoisotopic (exact) mass is 325 g/mol. The van der Waals surface area contributed by atoms with Crippen LogP contribution in [0.3, 0.4) is 0 Å². The zero-order valence-electron chi connectivity index (χ0n) is 14.9. The maximum absolute atomic E-state index is 4.62. The second-order valence-corrected chi connectivity index (χ2v) is 6.94. The molecule has 0 aliphatic heterocycles. The molecule has 3 aromatic carbocycles. The largest absolute Gasteiger partial charge is 0.256 e. The van der Waals surface area contributed by atoms with Gasteiger partial charge in [-0.15, -0.1) is 0 Å². The van der Waals surface area contributed by atoms with E-state index in [9.17, 15) is 0 Å². The van der Waals surface area contributed by atoms with Crippen LogP contribution in [0, 0.1) is 0 Å². The summed E-state index contributed by atoms with van der Waals surface area (Å²) in [7, 11) is 0. The molecule has 4 rings (SSSR count). The first-order chi connectivity index (χ1) is 12.2. The second kappa shape index (κ2) is 6.68. The van der Waals surface area contributed by atoms with Crippen LogP contribution in [-0.4, -0.2) is 4.98 Å². The third kappa shape index (κ3) is 3.28. The molecule has 4 aromatic rings. The lowest BCUT2D eigenvalue weighted by Gasteiger charge is -2.13. The molecule has 1 aromatic heterocycles. The van der Waals surface area contributed by atoms with Crippen LogP contribution < -0.4 is 0 Å². The molecule has 1 unspecified atom stereocenters. The van der Waals surface area contributed by atoms with Crippen LogP contribution in [-0.2, 0) is 12.8 Å². The summed E-state index contributed by atoms with van der Waals surface area (Å²) >= 11 is 0. The Kier molecular flexibility index (Phi) is 4.23. The molecule has 1 atom stereocenters. The minimum Gasteiger partial charge on any atom is -0.256 e. The highest BCUT2D eigenvalue weighted by molar-refractivity contribution is 5.84. The molecule has 124 valence electrons. The number of nitrogens with zero attached hydrogens (tertiary/aromatic N) is 1. The van der Waals surface area contributed by atoms with Crippen LogP contribution in [0.1, 0.15) is 36.5 Å². The van der Waals surface area contributed by atoms with Gasteiger partial charge in [0.25, 0.3) is 0 Å². The Balaban J connectivity index is 1.62. The Morgan fingerprint density at radius 2 is 1.56 bits per heavy atom. The molecule has 0 aliphatic rings. The third-order valence-corrected chi connectivity index (χ3v) is 5.10. The Hall–Kier alpha value is -2.67. The molecule has 0 aliphatic carbocycles. The molecule has 1 heteroatoms. The fraction of sp³-hybridized carbons (Fsp3) is 0.208. The van der Waals surface area contributed by atoms with E-state index in [1.54, 1.807) is 0 Å². The lowest BCUT2D eigenvalue weighted by molar-refractivity contribution is 0.757.